The molecule has 1 amide bonds. The molecule has 4 nitrogen and oxygen atoms in total. The van der Waals surface area contributed by atoms with Gasteiger partial charge in [0, 0.05) is 9.75 Å². The minimum absolute atomic E-state index is 0.0731. The number of amides is 1. The van der Waals surface area contributed by atoms with Crippen LogP contribution in [-0.4, -0.2) is 18.5 Å². The molecule has 7 heteroatoms. The highest BCUT2D eigenvalue weighted by molar-refractivity contribution is 7.12. The van der Waals surface area contributed by atoms with Gasteiger partial charge < -0.3 is 10.1 Å². The van der Waals surface area contributed by atoms with Gasteiger partial charge in [-0.05, 0) is 38.1 Å². The first-order valence-corrected chi connectivity index (χ1v) is 7.55. The normalized spacial score (nSPS) is 10.4. The number of ether oxygens (including phenoxy) is 1. The summed E-state index contributed by atoms with van der Waals surface area (Å²) in [6.07, 6.45) is 0. The van der Waals surface area contributed by atoms with Gasteiger partial charge in [-0.2, -0.15) is 0 Å². The molecule has 1 heterocycles. The molecule has 0 aliphatic rings. The Hall–Kier alpha value is -1.92. The summed E-state index contributed by atoms with van der Waals surface area (Å²) < 4.78 is 17.9. The summed E-state index contributed by atoms with van der Waals surface area (Å²) in [6, 6.07) is 5.31. The van der Waals surface area contributed by atoms with Crippen molar-refractivity contribution in [3.8, 4) is 0 Å². The summed E-state index contributed by atoms with van der Waals surface area (Å²) in [7, 11) is 0. The van der Waals surface area contributed by atoms with Gasteiger partial charge in [-0.25, -0.2) is 9.18 Å². The van der Waals surface area contributed by atoms with Crippen molar-refractivity contribution in [2.75, 3.05) is 11.9 Å². The minimum atomic E-state index is -0.554. The number of nitrogens with one attached hydrogen (secondary N) is 1. The third kappa shape index (κ3) is 4.05. The number of thiophene rings is 1. The molecule has 0 aliphatic heterocycles. The lowest BCUT2D eigenvalue weighted by Gasteiger charge is -2.08. The van der Waals surface area contributed by atoms with Crippen LogP contribution in [0.3, 0.4) is 0 Å². The summed E-state index contributed by atoms with van der Waals surface area (Å²) in [5, 5.41) is 2.53. The number of esters is 1. The summed E-state index contributed by atoms with van der Waals surface area (Å²) >= 11 is 7.28. The van der Waals surface area contributed by atoms with Crippen molar-refractivity contribution >= 4 is 40.5 Å². The molecule has 1 aromatic heterocycles. The number of rotatable bonds is 4. The first-order valence-electron chi connectivity index (χ1n) is 6.36. The summed E-state index contributed by atoms with van der Waals surface area (Å²) in [5.41, 5.74) is 0.710. The molecule has 0 saturated carbocycles. The van der Waals surface area contributed by atoms with Gasteiger partial charge in [-0.15, -0.1) is 11.3 Å². The molecule has 2 aromatic rings. The van der Waals surface area contributed by atoms with Gasteiger partial charge in [0.05, 0.1) is 16.3 Å². The molecule has 116 valence electrons. The van der Waals surface area contributed by atoms with Crippen molar-refractivity contribution in [3.63, 3.8) is 0 Å². The highest BCUT2D eigenvalue weighted by Crippen LogP contribution is 2.23. The average molecular weight is 342 g/mol. The van der Waals surface area contributed by atoms with Crippen molar-refractivity contribution in [1.29, 1.82) is 0 Å². The monoisotopic (exact) mass is 341 g/mol. The van der Waals surface area contributed by atoms with Crippen molar-refractivity contribution in [2.45, 2.75) is 13.8 Å². The molecule has 0 bridgehead atoms. The largest absolute Gasteiger partial charge is 0.452 e. The molecule has 0 unspecified atom stereocenters. The Morgan fingerprint density at radius 3 is 2.64 bits per heavy atom. The first-order chi connectivity index (χ1) is 10.4. The summed E-state index contributed by atoms with van der Waals surface area (Å²) in [5.74, 6) is -1.61. The van der Waals surface area contributed by atoms with Gasteiger partial charge in [0.2, 0.25) is 0 Å². The zero-order valence-corrected chi connectivity index (χ0v) is 13.5. The summed E-state index contributed by atoms with van der Waals surface area (Å²) in [6.45, 7) is 3.26. The van der Waals surface area contributed by atoms with E-state index in [0.29, 0.717) is 5.56 Å². The Labute approximate surface area is 135 Å². The predicted octanol–water partition coefficient (Wildman–Crippen LogP) is 3.95. The molecule has 0 spiro atoms. The number of carbonyl (C=O) groups is 2. The Kier molecular flexibility index (Phi) is 5.15. The van der Waals surface area contributed by atoms with Crippen LogP contribution in [0.15, 0.2) is 24.3 Å². The van der Waals surface area contributed by atoms with E-state index in [2.05, 4.69) is 5.32 Å². The van der Waals surface area contributed by atoms with E-state index < -0.39 is 24.3 Å². The zero-order chi connectivity index (χ0) is 16.3. The van der Waals surface area contributed by atoms with Crippen LogP contribution in [0.4, 0.5) is 10.1 Å². The number of hydrogen-bond acceptors (Lipinski definition) is 4. The molecule has 0 saturated heterocycles. The van der Waals surface area contributed by atoms with E-state index in [0.717, 1.165) is 15.8 Å². The van der Waals surface area contributed by atoms with Crippen LogP contribution in [0.1, 0.15) is 20.1 Å². The van der Waals surface area contributed by atoms with Gasteiger partial charge in [0.25, 0.3) is 5.91 Å². The SMILES string of the molecule is Cc1cc(C(=O)OCC(=O)Nc2ccc(F)cc2Cl)c(C)s1. The average Bonchev–Trinajstić information content (AvgIpc) is 2.78. The van der Waals surface area contributed by atoms with Crippen molar-refractivity contribution in [3.05, 3.63) is 50.4 Å². The van der Waals surface area contributed by atoms with E-state index in [-0.39, 0.29) is 10.7 Å². The molecule has 1 aromatic carbocycles. The maximum absolute atomic E-state index is 12.9. The van der Waals surface area contributed by atoms with Crippen molar-refractivity contribution in [2.24, 2.45) is 0 Å². The number of anilines is 1. The molecular formula is C15H13ClFNO3S. The lowest BCUT2D eigenvalue weighted by Crippen LogP contribution is -2.21. The van der Waals surface area contributed by atoms with E-state index in [1.165, 1.54) is 23.5 Å². The second-order valence-corrected chi connectivity index (χ2v) is 6.44. The molecule has 2 rings (SSSR count). The molecule has 22 heavy (non-hydrogen) atoms. The van der Waals surface area contributed by atoms with E-state index in [4.69, 9.17) is 16.3 Å². The summed E-state index contributed by atoms with van der Waals surface area (Å²) in [4.78, 5) is 25.4. The van der Waals surface area contributed by atoms with E-state index in [1.807, 2.05) is 13.8 Å². The van der Waals surface area contributed by atoms with Gasteiger partial charge in [0.1, 0.15) is 5.82 Å². The fourth-order valence-corrected chi connectivity index (χ4v) is 2.95. The molecule has 0 atom stereocenters. The van der Waals surface area contributed by atoms with Gasteiger partial charge in [-0.1, -0.05) is 11.6 Å². The van der Waals surface area contributed by atoms with Crippen molar-refractivity contribution < 1.29 is 18.7 Å². The van der Waals surface area contributed by atoms with E-state index in [1.54, 1.807) is 6.07 Å². The van der Waals surface area contributed by atoms with Crippen LogP contribution in [0, 0.1) is 19.7 Å². The highest BCUT2D eigenvalue weighted by atomic mass is 35.5. The highest BCUT2D eigenvalue weighted by Gasteiger charge is 2.15. The number of aryl methyl sites for hydroxylation is 2. The second-order valence-electron chi connectivity index (χ2n) is 4.58. The minimum Gasteiger partial charge on any atom is -0.452 e. The maximum Gasteiger partial charge on any atom is 0.339 e. The third-order valence-electron chi connectivity index (χ3n) is 2.80. The fourth-order valence-electron chi connectivity index (χ4n) is 1.82. The van der Waals surface area contributed by atoms with Crippen LogP contribution in [0.2, 0.25) is 5.02 Å². The Morgan fingerprint density at radius 1 is 1.32 bits per heavy atom. The van der Waals surface area contributed by atoms with Crippen LogP contribution < -0.4 is 5.32 Å². The Balaban J connectivity index is 1.92. The zero-order valence-electron chi connectivity index (χ0n) is 11.9. The van der Waals surface area contributed by atoms with Gasteiger partial charge in [-0.3, -0.25) is 4.79 Å². The van der Waals surface area contributed by atoms with Crippen LogP contribution in [0.25, 0.3) is 0 Å². The molecule has 0 fully saturated rings. The number of carbonyl (C=O) groups excluding carboxylic acids is 2. The van der Waals surface area contributed by atoms with Crippen LogP contribution in [-0.2, 0) is 9.53 Å². The van der Waals surface area contributed by atoms with Crippen molar-refractivity contribution in [1.82, 2.24) is 0 Å². The molecule has 1 N–H and O–H groups in total. The van der Waals surface area contributed by atoms with E-state index >= 15 is 0 Å². The van der Waals surface area contributed by atoms with Gasteiger partial charge in [0.15, 0.2) is 6.61 Å². The Morgan fingerprint density at radius 2 is 2.05 bits per heavy atom. The number of hydrogen-bond donors (Lipinski definition) is 1. The first kappa shape index (κ1) is 16.5. The fraction of sp³-hybridized carbons (Fsp3) is 0.200. The third-order valence-corrected chi connectivity index (χ3v) is 4.08. The number of halogens is 2. The molecular weight excluding hydrogens is 329 g/mol. The molecule has 0 aliphatic carbocycles. The second kappa shape index (κ2) is 6.89. The lowest BCUT2D eigenvalue weighted by molar-refractivity contribution is -0.119. The Bertz CT molecular complexity index is 730. The lowest BCUT2D eigenvalue weighted by atomic mass is 10.2. The smallest absolute Gasteiger partial charge is 0.339 e. The topological polar surface area (TPSA) is 55.4 Å². The predicted molar refractivity (Wildman–Crippen MR) is 84.1 cm³/mol. The van der Waals surface area contributed by atoms with Crippen LogP contribution in [0.5, 0.6) is 0 Å². The quantitative estimate of drug-likeness (QED) is 0.856. The number of benzene rings is 1. The molecule has 0 radical (unpaired) electrons. The maximum atomic E-state index is 12.9. The standard InChI is InChI=1S/C15H13ClFNO3S/c1-8-5-11(9(2)22-8)15(20)21-7-14(19)18-13-4-3-10(17)6-12(13)16/h3-6H,7H2,1-2H3,(H,18,19). The van der Waals surface area contributed by atoms with Crippen LogP contribution >= 0.6 is 22.9 Å². The van der Waals surface area contributed by atoms with E-state index in [9.17, 15) is 14.0 Å². The van der Waals surface area contributed by atoms with Gasteiger partial charge >= 0.3 is 5.97 Å².